The van der Waals surface area contributed by atoms with Crippen LogP contribution < -0.4 is 0 Å². The van der Waals surface area contributed by atoms with Gasteiger partial charge in [-0.05, 0) is 36.8 Å². The van der Waals surface area contributed by atoms with Crippen LogP contribution in [0.3, 0.4) is 0 Å². The Balaban J connectivity index is 2.64. The molecule has 15 heavy (non-hydrogen) atoms. The molecule has 2 rings (SSSR count). The van der Waals surface area contributed by atoms with Crippen molar-refractivity contribution >= 4 is 28.1 Å². The predicted molar refractivity (Wildman–Crippen MR) is 66.3 cm³/mol. The molecule has 0 fully saturated rings. The minimum atomic E-state index is 0.623. The lowest BCUT2D eigenvalue weighted by atomic mass is 10.1. The van der Waals surface area contributed by atoms with E-state index >= 15 is 0 Å². The number of halogens is 1. The molecule has 0 bridgehead atoms. The normalized spacial score (nSPS) is 10.6. The maximum Gasteiger partial charge on any atom is 0.195 e. The van der Waals surface area contributed by atoms with Crippen molar-refractivity contribution in [1.82, 2.24) is 14.8 Å². The number of aromatic amines is 1. The van der Waals surface area contributed by atoms with Gasteiger partial charge in [0, 0.05) is 17.1 Å². The van der Waals surface area contributed by atoms with Crippen molar-refractivity contribution in [2.45, 2.75) is 6.92 Å². The Morgan fingerprint density at radius 3 is 2.73 bits per heavy atom. The van der Waals surface area contributed by atoms with E-state index in [1.54, 1.807) is 0 Å². The highest BCUT2D eigenvalue weighted by molar-refractivity contribution is 9.10. The van der Waals surface area contributed by atoms with Crippen molar-refractivity contribution in [2.75, 3.05) is 0 Å². The van der Waals surface area contributed by atoms with Crippen LogP contribution in [-0.2, 0) is 7.05 Å². The molecule has 0 aliphatic carbocycles. The highest BCUT2D eigenvalue weighted by Gasteiger charge is 2.08. The highest BCUT2D eigenvalue weighted by atomic mass is 79.9. The standard InChI is InChI=1S/C10H10BrN3S/c1-6-3-4-7(8(11)5-6)9-12-13-10(15)14(9)2/h3-5H,1-2H3,(H,13,15). The average Bonchev–Trinajstić information content (AvgIpc) is 2.49. The zero-order chi connectivity index (χ0) is 11.0. The number of benzene rings is 1. The topological polar surface area (TPSA) is 33.6 Å². The zero-order valence-electron chi connectivity index (χ0n) is 8.41. The number of hydrogen-bond donors (Lipinski definition) is 1. The predicted octanol–water partition coefficient (Wildman–Crippen LogP) is 3.22. The summed E-state index contributed by atoms with van der Waals surface area (Å²) in [6.45, 7) is 2.05. The number of nitrogens with one attached hydrogen (secondary N) is 1. The smallest absolute Gasteiger partial charge is 0.195 e. The van der Waals surface area contributed by atoms with Gasteiger partial charge in [0.2, 0.25) is 0 Å². The summed E-state index contributed by atoms with van der Waals surface area (Å²) >= 11 is 8.60. The molecule has 1 N–H and O–H groups in total. The number of nitrogens with zero attached hydrogens (tertiary/aromatic N) is 2. The Kier molecular flexibility index (Phi) is 2.75. The molecule has 1 aromatic carbocycles. The van der Waals surface area contributed by atoms with Crippen LogP contribution in [0.2, 0.25) is 0 Å². The van der Waals surface area contributed by atoms with Crippen molar-refractivity contribution < 1.29 is 0 Å². The number of aryl methyl sites for hydroxylation is 1. The van der Waals surface area contributed by atoms with Gasteiger partial charge < -0.3 is 4.57 Å². The highest BCUT2D eigenvalue weighted by Crippen LogP contribution is 2.27. The summed E-state index contributed by atoms with van der Waals surface area (Å²) in [4.78, 5) is 0. The Labute approximate surface area is 101 Å². The van der Waals surface area contributed by atoms with Crippen LogP contribution in [0.25, 0.3) is 11.4 Å². The summed E-state index contributed by atoms with van der Waals surface area (Å²) in [5, 5.41) is 6.96. The summed E-state index contributed by atoms with van der Waals surface area (Å²) < 4.78 is 3.50. The lowest BCUT2D eigenvalue weighted by Gasteiger charge is -2.04. The van der Waals surface area contributed by atoms with E-state index < -0.39 is 0 Å². The summed E-state index contributed by atoms with van der Waals surface area (Å²) in [5.74, 6) is 0.840. The fraction of sp³-hybridized carbons (Fsp3) is 0.200. The first-order chi connectivity index (χ1) is 7.09. The molecule has 1 aromatic heterocycles. The van der Waals surface area contributed by atoms with E-state index in [1.165, 1.54) is 5.56 Å². The number of rotatable bonds is 1. The van der Waals surface area contributed by atoms with E-state index in [0.29, 0.717) is 4.77 Å². The molecule has 0 radical (unpaired) electrons. The Morgan fingerprint density at radius 1 is 1.47 bits per heavy atom. The maximum atomic E-state index is 5.07. The number of H-pyrrole nitrogens is 1. The van der Waals surface area contributed by atoms with Gasteiger partial charge in [-0.1, -0.05) is 22.0 Å². The van der Waals surface area contributed by atoms with E-state index in [4.69, 9.17) is 12.2 Å². The average molecular weight is 284 g/mol. The molecule has 0 aliphatic heterocycles. The van der Waals surface area contributed by atoms with Gasteiger partial charge in [-0.2, -0.15) is 5.10 Å². The zero-order valence-corrected chi connectivity index (χ0v) is 10.8. The monoisotopic (exact) mass is 283 g/mol. The second-order valence-corrected chi connectivity index (χ2v) is 4.64. The van der Waals surface area contributed by atoms with Crippen LogP contribution in [0.1, 0.15) is 5.56 Å². The van der Waals surface area contributed by atoms with Gasteiger partial charge in [0.15, 0.2) is 10.6 Å². The summed E-state index contributed by atoms with van der Waals surface area (Å²) in [5.41, 5.74) is 2.25. The third kappa shape index (κ3) is 1.89. The molecule has 2 aromatic rings. The molecular formula is C10H10BrN3S. The lowest BCUT2D eigenvalue weighted by Crippen LogP contribution is -1.93. The van der Waals surface area contributed by atoms with E-state index in [9.17, 15) is 0 Å². The van der Waals surface area contributed by atoms with Crippen LogP contribution in [0, 0.1) is 11.7 Å². The van der Waals surface area contributed by atoms with Crippen molar-refractivity contribution in [3.05, 3.63) is 33.0 Å². The minimum Gasteiger partial charge on any atom is -0.303 e. The summed E-state index contributed by atoms with van der Waals surface area (Å²) in [6, 6.07) is 6.15. The third-order valence-corrected chi connectivity index (χ3v) is 3.27. The summed E-state index contributed by atoms with van der Waals surface area (Å²) in [6.07, 6.45) is 0. The van der Waals surface area contributed by atoms with Crippen LogP contribution in [0.4, 0.5) is 0 Å². The van der Waals surface area contributed by atoms with Crippen LogP contribution in [0.15, 0.2) is 22.7 Å². The molecule has 1 heterocycles. The van der Waals surface area contributed by atoms with Crippen LogP contribution in [-0.4, -0.2) is 14.8 Å². The molecule has 0 amide bonds. The number of hydrogen-bond acceptors (Lipinski definition) is 2. The van der Waals surface area contributed by atoms with Gasteiger partial charge in [0.05, 0.1) is 0 Å². The lowest BCUT2D eigenvalue weighted by molar-refractivity contribution is 0.901. The van der Waals surface area contributed by atoms with E-state index in [2.05, 4.69) is 45.2 Å². The minimum absolute atomic E-state index is 0.623. The van der Waals surface area contributed by atoms with Gasteiger partial charge in [-0.3, -0.25) is 5.10 Å². The van der Waals surface area contributed by atoms with Crippen LogP contribution in [0.5, 0.6) is 0 Å². The first-order valence-corrected chi connectivity index (χ1v) is 5.67. The Morgan fingerprint density at radius 2 is 2.20 bits per heavy atom. The molecular weight excluding hydrogens is 274 g/mol. The van der Waals surface area contributed by atoms with Crippen LogP contribution >= 0.6 is 28.1 Å². The largest absolute Gasteiger partial charge is 0.303 e. The molecule has 0 unspecified atom stereocenters. The molecule has 0 atom stereocenters. The molecule has 5 heteroatoms. The fourth-order valence-electron chi connectivity index (χ4n) is 1.39. The van der Waals surface area contributed by atoms with E-state index in [1.807, 2.05) is 17.7 Å². The quantitative estimate of drug-likeness (QED) is 0.816. The Hall–Kier alpha value is -0.940. The fourth-order valence-corrected chi connectivity index (χ4v) is 2.19. The summed E-state index contributed by atoms with van der Waals surface area (Å²) in [7, 11) is 1.90. The van der Waals surface area contributed by atoms with E-state index in [0.717, 1.165) is 15.9 Å². The third-order valence-electron chi connectivity index (χ3n) is 2.25. The van der Waals surface area contributed by atoms with Gasteiger partial charge in [0.1, 0.15) is 0 Å². The maximum absolute atomic E-state index is 5.07. The molecule has 78 valence electrons. The van der Waals surface area contributed by atoms with Crippen molar-refractivity contribution in [3.63, 3.8) is 0 Å². The van der Waals surface area contributed by atoms with Gasteiger partial charge in [-0.25, -0.2) is 0 Å². The van der Waals surface area contributed by atoms with Crippen molar-refractivity contribution in [2.24, 2.45) is 7.05 Å². The van der Waals surface area contributed by atoms with Gasteiger partial charge in [-0.15, -0.1) is 0 Å². The van der Waals surface area contributed by atoms with Crippen molar-refractivity contribution in [3.8, 4) is 11.4 Å². The molecule has 0 aliphatic rings. The second kappa shape index (κ2) is 3.90. The SMILES string of the molecule is Cc1ccc(-c2n[nH]c(=S)n2C)c(Br)c1. The molecule has 0 spiro atoms. The molecule has 3 nitrogen and oxygen atoms in total. The van der Waals surface area contributed by atoms with E-state index in [-0.39, 0.29) is 0 Å². The molecule has 0 saturated heterocycles. The molecule has 0 saturated carbocycles. The first kappa shape index (κ1) is 10.6. The van der Waals surface area contributed by atoms with Gasteiger partial charge >= 0.3 is 0 Å². The Bertz CT molecular complexity index is 556. The van der Waals surface area contributed by atoms with Gasteiger partial charge in [0.25, 0.3) is 0 Å². The second-order valence-electron chi connectivity index (χ2n) is 3.39. The first-order valence-electron chi connectivity index (χ1n) is 4.47. The number of aromatic nitrogens is 3. The van der Waals surface area contributed by atoms with Crippen molar-refractivity contribution in [1.29, 1.82) is 0 Å².